The zero-order valence-corrected chi connectivity index (χ0v) is 11.8. The lowest BCUT2D eigenvalue weighted by molar-refractivity contribution is 0.178. The summed E-state index contributed by atoms with van der Waals surface area (Å²) in [5.41, 5.74) is 3.61. The Morgan fingerprint density at radius 2 is 1.90 bits per heavy atom. The van der Waals surface area contributed by atoms with E-state index in [-0.39, 0.29) is 0 Å². The lowest BCUT2D eigenvalue weighted by Gasteiger charge is -2.09. The highest BCUT2D eigenvalue weighted by molar-refractivity contribution is 6.30. The lowest BCUT2D eigenvalue weighted by Crippen LogP contribution is -2.12. The van der Waals surface area contributed by atoms with Crippen molar-refractivity contribution in [1.29, 1.82) is 0 Å². The molecule has 0 saturated carbocycles. The molecule has 1 aromatic heterocycles. The van der Waals surface area contributed by atoms with Crippen LogP contribution in [0.4, 0.5) is 11.6 Å². The van der Waals surface area contributed by atoms with Gasteiger partial charge in [-0.05, 0) is 17.7 Å². The molecular weight excluding hydrogens is 278 g/mol. The molecule has 0 saturated heterocycles. The average molecular weight is 294 g/mol. The van der Waals surface area contributed by atoms with Crippen LogP contribution < -0.4 is 16.6 Å². The molecule has 0 aliphatic carbocycles. The van der Waals surface area contributed by atoms with E-state index in [9.17, 15) is 0 Å². The third-order valence-corrected chi connectivity index (χ3v) is 2.83. The Morgan fingerprint density at radius 1 is 1.20 bits per heavy atom. The number of rotatable bonds is 6. The predicted molar refractivity (Wildman–Crippen MR) is 79.3 cm³/mol. The van der Waals surface area contributed by atoms with Gasteiger partial charge >= 0.3 is 0 Å². The lowest BCUT2D eigenvalue weighted by atomic mass is 10.2. The minimum absolute atomic E-state index is 0.325. The highest BCUT2D eigenvalue weighted by Gasteiger charge is 2.04. The number of ether oxygens (including phenoxy) is 1. The fourth-order valence-electron chi connectivity index (χ4n) is 1.65. The van der Waals surface area contributed by atoms with E-state index in [1.165, 1.54) is 0 Å². The molecule has 0 atom stereocenters. The molecule has 0 fully saturated rings. The highest BCUT2D eigenvalue weighted by Crippen LogP contribution is 2.14. The molecule has 0 amide bonds. The maximum atomic E-state index is 5.85. The molecule has 0 aliphatic rings. The van der Waals surface area contributed by atoms with Crippen molar-refractivity contribution in [2.45, 2.75) is 13.2 Å². The minimum atomic E-state index is 0.325. The van der Waals surface area contributed by atoms with Gasteiger partial charge in [0.2, 0.25) is 0 Å². The first-order valence-electron chi connectivity index (χ1n) is 6.03. The van der Waals surface area contributed by atoms with E-state index in [1.54, 1.807) is 13.2 Å². The Morgan fingerprint density at radius 3 is 2.55 bits per heavy atom. The summed E-state index contributed by atoms with van der Waals surface area (Å²) in [6.45, 7) is 0.954. The van der Waals surface area contributed by atoms with Crippen LogP contribution >= 0.6 is 11.6 Å². The number of nitrogens with two attached hydrogens (primary N) is 1. The van der Waals surface area contributed by atoms with Crippen LogP contribution in [0.25, 0.3) is 0 Å². The van der Waals surface area contributed by atoms with Crippen LogP contribution in [-0.2, 0) is 17.9 Å². The summed E-state index contributed by atoms with van der Waals surface area (Å²) in [6, 6.07) is 9.34. The Balaban J connectivity index is 2.07. The third-order valence-electron chi connectivity index (χ3n) is 2.58. The van der Waals surface area contributed by atoms with Crippen molar-refractivity contribution in [1.82, 2.24) is 9.97 Å². The smallest absolute Gasteiger partial charge is 0.158 e. The van der Waals surface area contributed by atoms with E-state index in [2.05, 4.69) is 20.7 Å². The molecule has 6 nitrogen and oxygen atoms in total. The zero-order valence-electron chi connectivity index (χ0n) is 11.1. The summed E-state index contributed by atoms with van der Waals surface area (Å²) in [5.74, 6) is 7.15. The summed E-state index contributed by atoms with van der Waals surface area (Å²) < 4.78 is 5.02. The molecule has 0 bridgehead atoms. The second-order valence-electron chi connectivity index (χ2n) is 4.11. The van der Waals surface area contributed by atoms with Crippen LogP contribution in [0.3, 0.4) is 0 Å². The number of methoxy groups -OCH3 is 1. The van der Waals surface area contributed by atoms with Crippen molar-refractivity contribution in [3.63, 3.8) is 0 Å². The van der Waals surface area contributed by atoms with Crippen molar-refractivity contribution < 1.29 is 4.74 Å². The van der Waals surface area contributed by atoms with Gasteiger partial charge in [-0.3, -0.25) is 0 Å². The van der Waals surface area contributed by atoms with Gasteiger partial charge < -0.3 is 15.5 Å². The number of hydrogen-bond acceptors (Lipinski definition) is 6. The van der Waals surface area contributed by atoms with E-state index in [4.69, 9.17) is 22.2 Å². The number of aromatic nitrogens is 2. The Kier molecular flexibility index (Phi) is 5.11. The van der Waals surface area contributed by atoms with Gasteiger partial charge in [-0.25, -0.2) is 15.8 Å². The summed E-state index contributed by atoms with van der Waals surface area (Å²) in [4.78, 5) is 8.51. The minimum Gasteiger partial charge on any atom is -0.377 e. The molecule has 20 heavy (non-hydrogen) atoms. The summed E-state index contributed by atoms with van der Waals surface area (Å²) in [7, 11) is 1.59. The van der Waals surface area contributed by atoms with Crippen molar-refractivity contribution in [3.8, 4) is 0 Å². The van der Waals surface area contributed by atoms with Gasteiger partial charge in [0.15, 0.2) is 5.82 Å². The van der Waals surface area contributed by atoms with E-state index in [1.807, 2.05) is 24.3 Å². The number of hydrazine groups is 1. The van der Waals surface area contributed by atoms with E-state index >= 15 is 0 Å². The molecule has 2 rings (SSSR count). The number of nitrogen functional groups attached to an aromatic ring is 1. The first-order chi connectivity index (χ1) is 9.71. The van der Waals surface area contributed by atoms with Crippen molar-refractivity contribution in [2.75, 3.05) is 17.9 Å². The van der Waals surface area contributed by atoms with E-state index in [0.29, 0.717) is 35.6 Å². The first-order valence-corrected chi connectivity index (χ1v) is 6.41. The fraction of sp³-hybridized carbons (Fsp3) is 0.231. The Hall–Kier alpha value is -1.89. The standard InChI is InChI=1S/C13H16ClN5O/c1-20-8-13-17-11(6-12(18-13)19-15)16-7-9-2-4-10(14)5-3-9/h2-6H,7-8,15H2,1H3,(H2,16,17,18,19). The van der Waals surface area contributed by atoms with E-state index in [0.717, 1.165) is 5.56 Å². The van der Waals surface area contributed by atoms with Crippen molar-refractivity contribution in [2.24, 2.45) is 5.84 Å². The number of benzene rings is 1. The molecule has 2 aromatic rings. The van der Waals surface area contributed by atoms with Gasteiger partial charge in [-0.1, -0.05) is 23.7 Å². The molecular formula is C13H16ClN5O. The van der Waals surface area contributed by atoms with Crippen LogP contribution in [0, 0.1) is 0 Å². The molecule has 1 aromatic carbocycles. The van der Waals surface area contributed by atoms with Crippen molar-refractivity contribution >= 4 is 23.2 Å². The molecule has 0 unspecified atom stereocenters. The fourth-order valence-corrected chi connectivity index (χ4v) is 1.78. The quantitative estimate of drug-likeness (QED) is 0.559. The van der Waals surface area contributed by atoms with Gasteiger partial charge in [0.1, 0.15) is 18.2 Å². The van der Waals surface area contributed by atoms with Crippen LogP contribution in [0.5, 0.6) is 0 Å². The van der Waals surface area contributed by atoms with E-state index < -0.39 is 0 Å². The van der Waals surface area contributed by atoms with Crippen LogP contribution in [0.2, 0.25) is 5.02 Å². The van der Waals surface area contributed by atoms with Gasteiger partial charge in [0.25, 0.3) is 0 Å². The van der Waals surface area contributed by atoms with Crippen LogP contribution in [0.1, 0.15) is 11.4 Å². The van der Waals surface area contributed by atoms with Gasteiger partial charge in [-0.15, -0.1) is 0 Å². The first kappa shape index (κ1) is 14.5. The van der Waals surface area contributed by atoms with Crippen molar-refractivity contribution in [3.05, 3.63) is 46.7 Å². The number of halogens is 1. The summed E-state index contributed by atoms with van der Waals surface area (Å²) >= 11 is 5.85. The van der Waals surface area contributed by atoms with Gasteiger partial charge in [0, 0.05) is 24.7 Å². The molecule has 106 valence electrons. The van der Waals surface area contributed by atoms with Crippen LogP contribution in [0.15, 0.2) is 30.3 Å². The summed E-state index contributed by atoms with van der Waals surface area (Å²) in [5, 5.41) is 3.92. The monoisotopic (exact) mass is 293 g/mol. The number of anilines is 2. The highest BCUT2D eigenvalue weighted by atomic mass is 35.5. The second-order valence-corrected chi connectivity index (χ2v) is 4.55. The topological polar surface area (TPSA) is 85.1 Å². The van der Waals surface area contributed by atoms with Gasteiger partial charge in [0.05, 0.1) is 0 Å². The Labute approximate surface area is 122 Å². The summed E-state index contributed by atoms with van der Waals surface area (Å²) in [6.07, 6.45) is 0. The maximum Gasteiger partial charge on any atom is 0.158 e. The normalized spacial score (nSPS) is 10.3. The predicted octanol–water partition coefficient (Wildman–Crippen LogP) is 2.17. The SMILES string of the molecule is COCc1nc(NN)cc(NCc2ccc(Cl)cc2)n1. The zero-order chi connectivity index (χ0) is 14.4. The third kappa shape index (κ3) is 4.06. The molecule has 4 N–H and O–H groups in total. The number of nitrogens with zero attached hydrogens (tertiary/aromatic N) is 2. The van der Waals surface area contributed by atoms with Crippen LogP contribution in [-0.4, -0.2) is 17.1 Å². The molecule has 0 aliphatic heterocycles. The maximum absolute atomic E-state index is 5.85. The molecule has 0 spiro atoms. The largest absolute Gasteiger partial charge is 0.377 e. The molecule has 1 heterocycles. The average Bonchev–Trinajstić information content (AvgIpc) is 2.47. The molecule has 7 heteroatoms. The number of hydrogen-bond donors (Lipinski definition) is 3. The van der Waals surface area contributed by atoms with Gasteiger partial charge in [-0.2, -0.15) is 0 Å². The number of nitrogens with one attached hydrogen (secondary N) is 2. The second kappa shape index (κ2) is 7.04. The molecule has 0 radical (unpaired) electrons. The Bertz CT molecular complexity index is 561.